The quantitative estimate of drug-likeness (QED) is 0.395. The summed E-state index contributed by atoms with van der Waals surface area (Å²) < 4.78 is 27.7. The van der Waals surface area contributed by atoms with E-state index in [4.69, 9.17) is 9.66 Å². The van der Waals surface area contributed by atoms with Gasteiger partial charge in [-0.2, -0.15) is 8.42 Å². The molecular weight excluding hydrogens is 178 g/mol. The summed E-state index contributed by atoms with van der Waals surface area (Å²) in [5.41, 5.74) is 0. The number of aliphatic hydroxyl groups is 1. The Kier molecular flexibility index (Phi) is 16.0. The van der Waals surface area contributed by atoms with Gasteiger partial charge >= 0.3 is 59.1 Å². The van der Waals surface area contributed by atoms with Crippen molar-refractivity contribution >= 4 is 69.2 Å². The second-order valence-electron chi connectivity index (χ2n) is 1.36. The van der Waals surface area contributed by atoms with Crippen molar-refractivity contribution in [2.75, 3.05) is 12.4 Å². The molecule has 0 saturated carbocycles. The van der Waals surface area contributed by atoms with Crippen LogP contribution in [0, 0.1) is 0 Å². The van der Waals surface area contributed by atoms with Gasteiger partial charge in [0.15, 0.2) is 0 Å². The molecule has 7 heteroatoms. The van der Waals surface area contributed by atoms with Gasteiger partial charge in [0, 0.05) is 6.61 Å². The fourth-order valence-corrected chi connectivity index (χ4v) is 0.741. The Bertz CT molecular complexity index is 143. The van der Waals surface area contributed by atoms with Crippen molar-refractivity contribution in [2.45, 2.75) is 6.42 Å². The van der Waals surface area contributed by atoms with Crippen molar-refractivity contribution in [3.63, 3.8) is 0 Å². The fraction of sp³-hybridized carbons (Fsp3) is 1.00. The maximum absolute atomic E-state index is 9.83. The third-order valence-electron chi connectivity index (χ3n) is 0.560. The first-order valence-corrected chi connectivity index (χ1v) is 3.73. The van der Waals surface area contributed by atoms with Gasteiger partial charge in [-0.25, -0.2) is 0 Å². The third kappa shape index (κ3) is 16.5. The summed E-state index contributed by atoms with van der Waals surface area (Å²) in [4.78, 5) is 0. The van der Waals surface area contributed by atoms with Crippen molar-refractivity contribution in [2.24, 2.45) is 0 Å². The Hall–Kier alpha value is 1.87. The molecule has 0 unspecified atom stereocenters. The first kappa shape index (κ1) is 17.8. The molecule has 0 aromatic carbocycles. The van der Waals surface area contributed by atoms with E-state index in [9.17, 15) is 8.42 Å². The number of rotatable bonds is 3. The van der Waals surface area contributed by atoms with Crippen molar-refractivity contribution in [1.29, 1.82) is 0 Å². The Balaban J connectivity index is -0.000000245. The molecule has 0 spiro atoms. The van der Waals surface area contributed by atoms with Crippen LogP contribution in [0.15, 0.2) is 0 Å². The summed E-state index contributed by atoms with van der Waals surface area (Å²) in [5.74, 6) is -0.358. The summed E-state index contributed by atoms with van der Waals surface area (Å²) >= 11 is 0. The van der Waals surface area contributed by atoms with Gasteiger partial charge in [-0.15, -0.1) is 0 Å². The minimum absolute atomic E-state index is 0. The van der Waals surface area contributed by atoms with Crippen molar-refractivity contribution in [3.8, 4) is 0 Å². The van der Waals surface area contributed by atoms with Crippen molar-refractivity contribution in [3.05, 3.63) is 0 Å². The van der Waals surface area contributed by atoms with Crippen molar-refractivity contribution < 1.29 is 18.1 Å². The SMILES string of the molecule is O=S(=O)(O)CCCO.[NaH].[NaH]. The summed E-state index contributed by atoms with van der Waals surface area (Å²) in [6.45, 7) is -0.209. The van der Waals surface area contributed by atoms with Crippen LogP contribution in [0.4, 0.5) is 0 Å². The Morgan fingerprint density at radius 1 is 1.20 bits per heavy atom. The molecule has 0 aliphatic heterocycles. The third-order valence-corrected chi connectivity index (χ3v) is 1.36. The van der Waals surface area contributed by atoms with E-state index < -0.39 is 10.1 Å². The molecule has 2 N–H and O–H groups in total. The van der Waals surface area contributed by atoms with E-state index in [1.807, 2.05) is 0 Å². The molecule has 0 aromatic rings. The summed E-state index contributed by atoms with van der Waals surface area (Å²) in [7, 11) is -3.85. The van der Waals surface area contributed by atoms with Gasteiger partial charge in [0.2, 0.25) is 0 Å². The molecule has 0 aromatic heterocycles. The second-order valence-corrected chi connectivity index (χ2v) is 2.94. The topological polar surface area (TPSA) is 74.6 Å². The zero-order valence-electron chi connectivity index (χ0n) is 4.24. The van der Waals surface area contributed by atoms with Crippen LogP contribution in [-0.2, 0) is 10.1 Å². The fourth-order valence-electron chi connectivity index (χ4n) is 0.247. The van der Waals surface area contributed by atoms with Crippen LogP contribution in [-0.4, -0.2) is 89.6 Å². The van der Waals surface area contributed by atoms with Crippen LogP contribution in [0.25, 0.3) is 0 Å². The molecule has 0 radical (unpaired) electrons. The number of aliphatic hydroxyl groups excluding tert-OH is 1. The van der Waals surface area contributed by atoms with Gasteiger partial charge < -0.3 is 5.11 Å². The average molecular weight is 188 g/mol. The van der Waals surface area contributed by atoms with E-state index in [1.54, 1.807) is 0 Å². The maximum atomic E-state index is 9.83. The Morgan fingerprint density at radius 3 is 1.70 bits per heavy atom. The van der Waals surface area contributed by atoms with E-state index in [0.717, 1.165) is 0 Å². The molecule has 0 amide bonds. The van der Waals surface area contributed by atoms with E-state index in [-0.39, 0.29) is 77.9 Å². The van der Waals surface area contributed by atoms with Gasteiger partial charge in [0.1, 0.15) is 0 Å². The molecular formula is C3H10Na2O4S. The standard InChI is InChI=1S/C3H8O4S.2Na.2H/c4-2-1-3-8(5,6)7;;;;/h4H,1-3H2,(H,5,6,7);;;;. The molecule has 0 bridgehead atoms. The summed E-state index contributed by atoms with van der Waals surface area (Å²) in [5, 5.41) is 8.05. The van der Waals surface area contributed by atoms with Crippen LogP contribution >= 0.6 is 0 Å². The first-order chi connectivity index (χ1) is 3.56. The van der Waals surface area contributed by atoms with Crippen LogP contribution < -0.4 is 0 Å². The van der Waals surface area contributed by atoms with E-state index in [1.165, 1.54) is 0 Å². The first-order valence-electron chi connectivity index (χ1n) is 2.12. The van der Waals surface area contributed by atoms with E-state index >= 15 is 0 Å². The Morgan fingerprint density at radius 2 is 1.60 bits per heavy atom. The molecule has 0 heterocycles. The van der Waals surface area contributed by atoms with Crippen LogP contribution in [0.5, 0.6) is 0 Å². The van der Waals surface area contributed by atoms with Gasteiger partial charge in [0.25, 0.3) is 10.1 Å². The normalized spacial score (nSPS) is 9.40. The minimum atomic E-state index is -3.85. The average Bonchev–Trinajstić information content (AvgIpc) is 1.59. The van der Waals surface area contributed by atoms with Crippen LogP contribution in [0.3, 0.4) is 0 Å². The van der Waals surface area contributed by atoms with Crippen LogP contribution in [0.1, 0.15) is 6.42 Å². The van der Waals surface area contributed by atoms with Gasteiger partial charge in [-0.3, -0.25) is 4.55 Å². The monoisotopic (exact) mass is 188 g/mol. The zero-order chi connectivity index (χ0) is 6.62. The molecule has 54 valence electrons. The van der Waals surface area contributed by atoms with E-state index in [0.29, 0.717) is 0 Å². The summed E-state index contributed by atoms with van der Waals surface area (Å²) in [6, 6.07) is 0. The van der Waals surface area contributed by atoms with E-state index in [2.05, 4.69) is 0 Å². The predicted octanol–water partition coefficient (Wildman–Crippen LogP) is -2.04. The molecule has 0 aliphatic rings. The molecule has 0 aliphatic carbocycles. The second kappa shape index (κ2) is 8.96. The van der Waals surface area contributed by atoms with Crippen molar-refractivity contribution in [1.82, 2.24) is 0 Å². The molecule has 0 saturated heterocycles. The molecule has 0 fully saturated rings. The molecule has 10 heavy (non-hydrogen) atoms. The van der Waals surface area contributed by atoms with Gasteiger partial charge in [-0.1, -0.05) is 0 Å². The Labute approximate surface area is 105 Å². The van der Waals surface area contributed by atoms with Crippen LogP contribution in [0.2, 0.25) is 0 Å². The molecule has 0 atom stereocenters. The number of hydrogen-bond donors (Lipinski definition) is 2. The molecule has 0 rings (SSSR count). The summed E-state index contributed by atoms with van der Waals surface area (Å²) in [6.07, 6.45) is 0.0961. The number of hydrogen-bond acceptors (Lipinski definition) is 3. The predicted molar refractivity (Wildman–Crippen MR) is 42.4 cm³/mol. The molecule has 4 nitrogen and oxygen atoms in total. The zero-order valence-corrected chi connectivity index (χ0v) is 5.06. The van der Waals surface area contributed by atoms with Gasteiger partial charge in [-0.05, 0) is 6.42 Å². The van der Waals surface area contributed by atoms with Gasteiger partial charge in [0.05, 0.1) is 5.75 Å².